The first-order valence-electron chi connectivity index (χ1n) is 2.64. The quantitative estimate of drug-likeness (QED) is 0.533. The fraction of sp³-hybridized carbons (Fsp3) is 0.600. The number of carboxylic acid groups (broad SMARTS) is 2. The van der Waals surface area contributed by atoms with Crippen molar-refractivity contribution in [2.45, 2.75) is 0 Å². The molecule has 2 N–H and O–H groups in total. The minimum absolute atomic E-state index is 0. The Morgan fingerprint density at radius 2 is 1.33 bits per heavy atom. The molecule has 0 saturated heterocycles. The van der Waals surface area contributed by atoms with E-state index in [9.17, 15) is 9.59 Å². The summed E-state index contributed by atoms with van der Waals surface area (Å²) in [4.78, 5) is 21.1. The second-order valence-electron chi connectivity index (χ2n) is 1.96. The molecule has 62 valence electrons. The van der Waals surface area contributed by atoms with Crippen LogP contribution in [0.4, 0.5) is 0 Å². The summed E-state index contributed by atoms with van der Waals surface area (Å²) in [6.45, 7) is -0.488. The van der Waals surface area contributed by atoms with E-state index in [-0.39, 0.29) is 116 Å². The number of carboxylic acids is 2. The monoisotopic (exact) mass is 227 g/mol. The molecule has 7 heteroatoms. The third-order valence-electron chi connectivity index (χ3n) is 0.810. The Kier molecular flexibility index (Phi) is 18.5. The predicted molar refractivity (Wildman–Crippen MR) is 47.1 cm³/mol. The topological polar surface area (TPSA) is 77.8 Å². The standard InChI is InChI=1S/C5H9NO4.2K.2H/c1-6(2-4(7)8)3-5(9)10;;;;/h2-3H2,1H3,(H,7,8)(H,9,10);;;;. The van der Waals surface area contributed by atoms with E-state index in [1.165, 1.54) is 11.9 Å². The molecule has 0 saturated carbocycles. The molecule has 0 fully saturated rings. The van der Waals surface area contributed by atoms with Gasteiger partial charge in [-0.25, -0.2) is 0 Å². The van der Waals surface area contributed by atoms with Crippen LogP contribution in [0.1, 0.15) is 0 Å². The van der Waals surface area contributed by atoms with E-state index >= 15 is 0 Å². The van der Waals surface area contributed by atoms with Gasteiger partial charge < -0.3 is 10.2 Å². The molecule has 12 heavy (non-hydrogen) atoms. The van der Waals surface area contributed by atoms with Crippen molar-refractivity contribution in [3.05, 3.63) is 0 Å². The summed E-state index contributed by atoms with van der Waals surface area (Å²) in [7, 11) is 1.43. The molecule has 0 heterocycles. The van der Waals surface area contributed by atoms with Crippen LogP contribution in [0.15, 0.2) is 0 Å². The number of hydrogen-bond donors (Lipinski definition) is 2. The normalized spacial score (nSPS) is 8.17. The SMILES string of the molecule is CN(CC(=O)O)CC(=O)O.[KH].[KH]. The average Bonchev–Trinajstić information content (AvgIpc) is 1.58. The molecular weight excluding hydrogens is 216 g/mol. The van der Waals surface area contributed by atoms with Gasteiger partial charge in [-0.15, -0.1) is 0 Å². The van der Waals surface area contributed by atoms with Gasteiger partial charge in [-0.3, -0.25) is 14.5 Å². The molecule has 0 spiro atoms. The average molecular weight is 227 g/mol. The van der Waals surface area contributed by atoms with Crippen molar-refractivity contribution < 1.29 is 19.8 Å². The first kappa shape index (κ1) is 19.7. The molecule has 0 amide bonds. The van der Waals surface area contributed by atoms with Crippen LogP contribution in [0.25, 0.3) is 0 Å². The molecule has 0 aliphatic heterocycles. The maximum absolute atomic E-state index is 9.96. The first-order valence-corrected chi connectivity index (χ1v) is 2.64. The van der Waals surface area contributed by atoms with Gasteiger partial charge in [0.15, 0.2) is 0 Å². The van der Waals surface area contributed by atoms with Crippen LogP contribution in [0.2, 0.25) is 0 Å². The Morgan fingerprint density at radius 1 is 1.08 bits per heavy atom. The zero-order chi connectivity index (χ0) is 8.15. The summed E-state index contributed by atoms with van der Waals surface area (Å²) in [5.41, 5.74) is 0. The number of nitrogens with zero attached hydrogens (tertiary/aromatic N) is 1. The molecule has 0 radical (unpaired) electrons. The summed E-state index contributed by atoms with van der Waals surface area (Å²) in [5, 5.41) is 16.3. The van der Waals surface area contributed by atoms with Gasteiger partial charge in [-0.2, -0.15) is 0 Å². The van der Waals surface area contributed by atoms with E-state index in [2.05, 4.69) is 0 Å². The van der Waals surface area contributed by atoms with Gasteiger partial charge in [0, 0.05) is 0 Å². The number of aliphatic carboxylic acids is 2. The number of hydrogen-bond acceptors (Lipinski definition) is 3. The Labute approximate surface area is 156 Å². The van der Waals surface area contributed by atoms with Crippen molar-refractivity contribution in [1.82, 2.24) is 4.90 Å². The van der Waals surface area contributed by atoms with Crippen LogP contribution in [-0.2, 0) is 9.59 Å². The zero-order valence-corrected chi connectivity index (χ0v) is 5.57. The van der Waals surface area contributed by atoms with Gasteiger partial charge in [0.05, 0.1) is 13.1 Å². The van der Waals surface area contributed by atoms with Gasteiger partial charge in [0.2, 0.25) is 0 Å². The maximum atomic E-state index is 9.96. The molecular formula is C5H11K2NO4. The molecule has 5 nitrogen and oxygen atoms in total. The molecule has 0 rings (SSSR count). The first-order chi connectivity index (χ1) is 4.52. The van der Waals surface area contributed by atoms with E-state index in [4.69, 9.17) is 10.2 Å². The Bertz CT molecular complexity index is 136. The van der Waals surface area contributed by atoms with E-state index < -0.39 is 11.9 Å². The number of carbonyl (C=O) groups is 2. The Hall–Kier alpha value is 2.17. The summed E-state index contributed by atoms with van der Waals surface area (Å²) >= 11 is 0. The summed E-state index contributed by atoms with van der Waals surface area (Å²) in [5.74, 6) is -2.05. The minimum atomic E-state index is -1.02. The summed E-state index contributed by atoms with van der Waals surface area (Å²) in [6.07, 6.45) is 0. The third-order valence-corrected chi connectivity index (χ3v) is 0.810. The van der Waals surface area contributed by atoms with Gasteiger partial charge >= 0.3 is 115 Å². The van der Waals surface area contributed by atoms with E-state index in [0.29, 0.717) is 0 Å². The van der Waals surface area contributed by atoms with E-state index in [1.807, 2.05) is 0 Å². The van der Waals surface area contributed by atoms with Crippen LogP contribution in [0, 0.1) is 0 Å². The molecule has 0 aliphatic carbocycles. The summed E-state index contributed by atoms with van der Waals surface area (Å²) < 4.78 is 0. The molecule has 0 aromatic heterocycles. The van der Waals surface area contributed by atoms with Gasteiger partial charge in [0.25, 0.3) is 0 Å². The second-order valence-corrected chi connectivity index (χ2v) is 1.96. The van der Waals surface area contributed by atoms with Crippen molar-refractivity contribution in [3.8, 4) is 0 Å². The van der Waals surface area contributed by atoms with E-state index in [0.717, 1.165) is 0 Å². The zero-order valence-electron chi connectivity index (χ0n) is 5.57. The van der Waals surface area contributed by atoms with Crippen molar-refractivity contribution in [2.24, 2.45) is 0 Å². The summed E-state index contributed by atoms with van der Waals surface area (Å²) in [6, 6.07) is 0. The van der Waals surface area contributed by atoms with Crippen molar-refractivity contribution >= 4 is 115 Å². The van der Waals surface area contributed by atoms with Crippen LogP contribution in [0.5, 0.6) is 0 Å². The Balaban J connectivity index is -0.000000405. The molecule has 0 aromatic carbocycles. The molecule has 0 bridgehead atoms. The van der Waals surface area contributed by atoms with Crippen LogP contribution in [0.3, 0.4) is 0 Å². The number of rotatable bonds is 4. The molecule has 0 unspecified atom stereocenters. The van der Waals surface area contributed by atoms with Crippen molar-refractivity contribution in [3.63, 3.8) is 0 Å². The van der Waals surface area contributed by atoms with Gasteiger partial charge in [-0.1, -0.05) is 0 Å². The molecule has 0 aromatic rings. The fourth-order valence-corrected chi connectivity index (χ4v) is 0.518. The predicted octanol–water partition coefficient (Wildman–Crippen LogP) is -2.21. The van der Waals surface area contributed by atoms with E-state index in [1.54, 1.807) is 0 Å². The number of likely N-dealkylation sites (N-methyl/N-ethyl adjacent to an activating group) is 1. The Morgan fingerprint density at radius 3 is 1.50 bits per heavy atom. The van der Waals surface area contributed by atoms with Crippen molar-refractivity contribution in [1.29, 1.82) is 0 Å². The van der Waals surface area contributed by atoms with Crippen LogP contribution < -0.4 is 0 Å². The second kappa shape index (κ2) is 11.2. The van der Waals surface area contributed by atoms with Gasteiger partial charge in [0.1, 0.15) is 0 Å². The van der Waals surface area contributed by atoms with Crippen LogP contribution >= 0.6 is 0 Å². The molecule has 0 aliphatic rings. The van der Waals surface area contributed by atoms with Crippen molar-refractivity contribution in [2.75, 3.05) is 20.1 Å². The van der Waals surface area contributed by atoms with Crippen LogP contribution in [-0.4, -0.2) is 150 Å². The molecule has 0 atom stereocenters. The third kappa shape index (κ3) is 14.7. The van der Waals surface area contributed by atoms with Gasteiger partial charge in [-0.05, 0) is 7.05 Å². The fourth-order valence-electron chi connectivity index (χ4n) is 0.518.